The second-order valence-corrected chi connectivity index (χ2v) is 7.19. The van der Waals surface area contributed by atoms with E-state index in [0.29, 0.717) is 16.3 Å². The van der Waals surface area contributed by atoms with Gasteiger partial charge in [-0.05, 0) is 12.2 Å². The average molecular weight is 349 g/mol. The molecule has 1 aliphatic rings. The van der Waals surface area contributed by atoms with E-state index >= 15 is 0 Å². The van der Waals surface area contributed by atoms with Gasteiger partial charge in [0.05, 0.1) is 4.92 Å². The van der Waals surface area contributed by atoms with Crippen LogP contribution < -0.4 is 0 Å². The number of carbonyl (C=O) groups is 1. The third-order valence-corrected chi connectivity index (χ3v) is 5.48. The summed E-state index contributed by atoms with van der Waals surface area (Å²) in [6.07, 6.45) is 0.998. The van der Waals surface area contributed by atoms with Crippen LogP contribution in [0.15, 0.2) is 29.6 Å². The Morgan fingerprint density at radius 3 is 3.00 bits per heavy atom. The Hall–Kier alpha value is -1.93. The van der Waals surface area contributed by atoms with Crippen LogP contribution in [0.1, 0.15) is 16.9 Å². The van der Waals surface area contributed by atoms with Crippen LogP contribution in [-0.2, 0) is 0 Å². The molecule has 3 rings (SSSR count). The second kappa shape index (κ2) is 7.10. The minimum Gasteiger partial charge on any atom is -0.336 e. The molecule has 1 aromatic carbocycles. The molecule has 6 nitrogen and oxygen atoms in total. The molecule has 0 N–H and O–H groups in total. The zero-order chi connectivity index (χ0) is 16.2. The first-order valence-corrected chi connectivity index (χ1v) is 9.26. The van der Waals surface area contributed by atoms with Crippen LogP contribution in [-0.4, -0.2) is 45.3 Å². The van der Waals surface area contributed by atoms with E-state index in [1.54, 1.807) is 17.5 Å². The normalized spacial score (nSPS) is 15.2. The van der Waals surface area contributed by atoms with Crippen molar-refractivity contribution >= 4 is 34.7 Å². The topological polar surface area (TPSA) is 76.3 Å². The quantitative estimate of drug-likeness (QED) is 0.628. The van der Waals surface area contributed by atoms with Gasteiger partial charge in [-0.25, -0.2) is 4.98 Å². The SMILES string of the molecule is O=C(c1csc(-c2cccc([N+](=O)[O-])c2)n1)N1CCCSCC1. The zero-order valence-corrected chi connectivity index (χ0v) is 13.9. The van der Waals surface area contributed by atoms with E-state index < -0.39 is 4.92 Å². The largest absolute Gasteiger partial charge is 0.336 e. The minimum atomic E-state index is -0.432. The van der Waals surface area contributed by atoms with E-state index in [-0.39, 0.29) is 11.6 Å². The van der Waals surface area contributed by atoms with Gasteiger partial charge in [-0.2, -0.15) is 11.8 Å². The number of rotatable bonds is 3. The highest BCUT2D eigenvalue weighted by molar-refractivity contribution is 7.99. The summed E-state index contributed by atoms with van der Waals surface area (Å²) >= 11 is 3.20. The summed E-state index contributed by atoms with van der Waals surface area (Å²) < 4.78 is 0. The van der Waals surface area contributed by atoms with Crippen molar-refractivity contribution in [2.75, 3.05) is 24.6 Å². The molecule has 1 aromatic heterocycles. The molecule has 1 aliphatic heterocycles. The molecule has 2 aromatic rings. The van der Waals surface area contributed by atoms with Gasteiger partial charge in [-0.15, -0.1) is 11.3 Å². The molecule has 8 heteroatoms. The molecule has 0 radical (unpaired) electrons. The highest BCUT2D eigenvalue weighted by Gasteiger charge is 2.20. The summed E-state index contributed by atoms with van der Waals surface area (Å²) in [5, 5.41) is 13.2. The van der Waals surface area contributed by atoms with Gasteiger partial charge in [-0.3, -0.25) is 14.9 Å². The van der Waals surface area contributed by atoms with Gasteiger partial charge in [0, 0.05) is 41.9 Å². The fourth-order valence-electron chi connectivity index (χ4n) is 2.37. The van der Waals surface area contributed by atoms with Gasteiger partial charge in [0.1, 0.15) is 10.7 Å². The molecule has 0 spiro atoms. The smallest absolute Gasteiger partial charge is 0.273 e. The lowest BCUT2D eigenvalue weighted by Crippen LogP contribution is -2.33. The van der Waals surface area contributed by atoms with Crippen molar-refractivity contribution in [3.63, 3.8) is 0 Å². The third-order valence-electron chi connectivity index (χ3n) is 3.54. The molecule has 0 atom stereocenters. The predicted molar refractivity (Wildman–Crippen MR) is 92.0 cm³/mol. The van der Waals surface area contributed by atoms with Crippen molar-refractivity contribution in [1.82, 2.24) is 9.88 Å². The Morgan fingerprint density at radius 1 is 1.30 bits per heavy atom. The Morgan fingerprint density at radius 2 is 2.17 bits per heavy atom. The van der Waals surface area contributed by atoms with Crippen LogP contribution in [0.25, 0.3) is 10.6 Å². The lowest BCUT2D eigenvalue weighted by Gasteiger charge is -2.18. The summed E-state index contributed by atoms with van der Waals surface area (Å²) in [7, 11) is 0. The standard InChI is InChI=1S/C15H15N3O3S2/c19-15(17-5-2-7-22-8-6-17)13-10-23-14(16-13)11-3-1-4-12(9-11)18(20)21/h1,3-4,9-10H,2,5-8H2. The molecule has 1 fully saturated rings. The number of amides is 1. The second-order valence-electron chi connectivity index (χ2n) is 5.10. The van der Waals surface area contributed by atoms with E-state index in [9.17, 15) is 14.9 Å². The maximum atomic E-state index is 12.5. The summed E-state index contributed by atoms with van der Waals surface area (Å²) in [4.78, 5) is 29.2. The Bertz CT molecular complexity index is 724. The van der Waals surface area contributed by atoms with Crippen molar-refractivity contribution in [2.45, 2.75) is 6.42 Å². The van der Waals surface area contributed by atoms with Crippen LogP contribution >= 0.6 is 23.1 Å². The number of benzene rings is 1. The number of nitrogens with zero attached hydrogens (tertiary/aromatic N) is 3. The molecule has 0 aliphatic carbocycles. The zero-order valence-electron chi connectivity index (χ0n) is 12.3. The van der Waals surface area contributed by atoms with Crippen molar-refractivity contribution < 1.29 is 9.72 Å². The van der Waals surface area contributed by atoms with Gasteiger partial charge in [0.25, 0.3) is 11.6 Å². The van der Waals surface area contributed by atoms with Crippen molar-refractivity contribution in [3.8, 4) is 10.6 Å². The monoisotopic (exact) mass is 349 g/mol. The van der Waals surface area contributed by atoms with E-state index in [1.807, 2.05) is 16.7 Å². The Labute approximate surface area is 141 Å². The van der Waals surface area contributed by atoms with Crippen LogP contribution in [0, 0.1) is 10.1 Å². The first-order chi connectivity index (χ1) is 11.1. The highest BCUT2D eigenvalue weighted by Crippen LogP contribution is 2.27. The number of nitro groups is 1. The van der Waals surface area contributed by atoms with Crippen LogP contribution in [0.3, 0.4) is 0 Å². The number of thioether (sulfide) groups is 1. The predicted octanol–water partition coefficient (Wildman–Crippen LogP) is 3.30. The molecular formula is C15H15N3O3S2. The summed E-state index contributed by atoms with van der Waals surface area (Å²) in [6.45, 7) is 1.50. The van der Waals surface area contributed by atoms with Gasteiger partial charge in [0.2, 0.25) is 0 Å². The lowest BCUT2D eigenvalue weighted by molar-refractivity contribution is -0.384. The molecule has 2 heterocycles. The third kappa shape index (κ3) is 3.70. The van der Waals surface area contributed by atoms with E-state index in [1.165, 1.54) is 23.5 Å². The summed E-state index contributed by atoms with van der Waals surface area (Å²) in [5.74, 6) is 1.98. The van der Waals surface area contributed by atoms with Gasteiger partial charge in [-0.1, -0.05) is 12.1 Å². The number of hydrogen-bond donors (Lipinski definition) is 0. The molecule has 23 heavy (non-hydrogen) atoms. The van der Waals surface area contributed by atoms with E-state index in [2.05, 4.69) is 4.98 Å². The minimum absolute atomic E-state index is 0.0233. The molecular weight excluding hydrogens is 334 g/mol. The number of thiazole rings is 1. The van der Waals surface area contributed by atoms with E-state index in [4.69, 9.17) is 0 Å². The maximum Gasteiger partial charge on any atom is 0.273 e. The van der Waals surface area contributed by atoms with E-state index in [0.717, 1.165) is 31.0 Å². The molecule has 1 amide bonds. The van der Waals surface area contributed by atoms with Crippen LogP contribution in [0.2, 0.25) is 0 Å². The number of nitro benzene ring substituents is 1. The molecule has 1 saturated heterocycles. The van der Waals surface area contributed by atoms with Crippen LogP contribution in [0.5, 0.6) is 0 Å². The molecule has 120 valence electrons. The maximum absolute atomic E-state index is 12.5. The van der Waals surface area contributed by atoms with Crippen molar-refractivity contribution in [3.05, 3.63) is 45.5 Å². The number of hydrogen-bond acceptors (Lipinski definition) is 6. The number of non-ortho nitro benzene ring substituents is 1. The summed E-state index contributed by atoms with van der Waals surface area (Å²) in [5.41, 5.74) is 1.10. The first kappa shape index (κ1) is 15.9. The van der Waals surface area contributed by atoms with Gasteiger partial charge >= 0.3 is 0 Å². The molecule has 0 unspecified atom stereocenters. The fourth-order valence-corrected chi connectivity index (χ4v) is 4.05. The molecule has 0 saturated carbocycles. The summed E-state index contributed by atoms with van der Waals surface area (Å²) in [6, 6.07) is 6.32. The highest BCUT2D eigenvalue weighted by atomic mass is 32.2. The van der Waals surface area contributed by atoms with Crippen molar-refractivity contribution in [1.29, 1.82) is 0 Å². The molecule has 0 bridgehead atoms. The average Bonchev–Trinajstić information content (AvgIpc) is 2.90. The Kier molecular flexibility index (Phi) is 4.92. The fraction of sp³-hybridized carbons (Fsp3) is 0.333. The van der Waals surface area contributed by atoms with Gasteiger partial charge < -0.3 is 4.90 Å². The first-order valence-electron chi connectivity index (χ1n) is 7.22. The Balaban J connectivity index is 1.81. The van der Waals surface area contributed by atoms with Crippen LogP contribution in [0.4, 0.5) is 5.69 Å². The number of aromatic nitrogens is 1. The van der Waals surface area contributed by atoms with Gasteiger partial charge in [0.15, 0.2) is 0 Å². The van der Waals surface area contributed by atoms with Crippen molar-refractivity contribution in [2.24, 2.45) is 0 Å². The lowest BCUT2D eigenvalue weighted by atomic mass is 10.2. The number of carbonyl (C=O) groups excluding carboxylic acids is 1.